The molecule has 0 aromatic carbocycles. The first kappa shape index (κ1) is 39.7. The fourth-order valence-electron chi connectivity index (χ4n) is 5.30. The molecule has 7 heteroatoms. The molecule has 7 nitrogen and oxygen atoms in total. The third-order valence-electron chi connectivity index (χ3n) is 7.89. The van der Waals surface area contributed by atoms with Crippen molar-refractivity contribution in [3.05, 3.63) is 0 Å². The van der Waals surface area contributed by atoms with Gasteiger partial charge in [-0.05, 0) is 64.5 Å². The lowest BCUT2D eigenvalue weighted by Crippen LogP contribution is -2.29. The van der Waals surface area contributed by atoms with Crippen molar-refractivity contribution in [2.45, 2.75) is 174 Å². The second-order valence-corrected chi connectivity index (χ2v) is 11.8. The van der Waals surface area contributed by atoms with Crippen LogP contribution in [0.2, 0.25) is 0 Å². The van der Waals surface area contributed by atoms with E-state index in [2.05, 4.69) is 18.7 Å². The zero-order valence-corrected chi connectivity index (χ0v) is 27.1. The second kappa shape index (κ2) is 31.6. The normalized spacial score (nSPS) is 11.4. The number of carbonyl (C=O) groups excluding carboxylic acids is 1. The molecule has 0 heterocycles. The van der Waals surface area contributed by atoms with Gasteiger partial charge in [0.15, 0.2) is 0 Å². The molecule has 2 N–H and O–H groups in total. The number of hydrogen-bond donors (Lipinski definition) is 2. The van der Waals surface area contributed by atoms with Crippen LogP contribution < -0.4 is 0 Å². The molecule has 0 fully saturated rings. The van der Waals surface area contributed by atoms with E-state index < -0.39 is 12.1 Å². The van der Waals surface area contributed by atoms with Gasteiger partial charge in [0.1, 0.15) is 6.10 Å². The van der Waals surface area contributed by atoms with Gasteiger partial charge in [-0.15, -0.1) is 0 Å². The Morgan fingerprint density at radius 2 is 1.07 bits per heavy atom. The standard InChI is InChI=1S/C34H67NO6/c1-3-5-7-9-12-18-24-32(25-19-13-10-8-6-4-2)41-34(39)40-31-23-17-16-22-28-35(29-30-36)27-21-15-11-14-20-26-33(37)38/h32,36H,3-31H2,1-2H3,(H,37,38). The van der Waals surface area contributed by atoms with Gasteiger partial charge in [0.05, 0.1) is 13.2 Å². The highest BCUT2D eigenvalue weighted by molar-refractivity contribution is 5.66. The topological polar surface area (TPSA) is 96.3 Å². The van der Waals surface area contributed by atoms with Gasteiger partial charge in [-0.2, -0.15) is 0 Å². The van der Waals surface area contributed by atoms with Crippen molar-refractivity contribution >= 4 is 12.1 Å². The molecule has 0 amide bonds. The van der Waals surface area contributed by atoms with Crippen molar-refractivity contribution < 1.29 is 29.3 Å². The average molecular weight is 586 g/mol. The lowest BCUT2D eigenvalue weighted by molar-refractivity contribution is -0.137. The minimum absolute atomic E-state index is 0.0119. The number of carboxylic acid groups (broad SMARTS) is 1. The highest BCUT2D eigenvalue weighted by Crippen LogP contribution is 2.17. The molecular formula is C34H67NO6. The molecule has 0 aromatic rings. The molecule has 0 spiro atoms. The van der Waals surface area contributed by atoms with Crippen LogP contribution in [0.15, 0.2) is 0 Å². The fraction of sp³-hybridized carbons (Fsp3) is 0.941. The number of unbranched alkanes of at least 4 members (excludes halogenated alkanes) is 17. The molecule has 244 valence electrons. The molecule has 0 aliphatic heterocycles. The Kier molecular flexibility index (Phi) is 30.6. The van der Waals surface area contributed by atoms with Gasteiger partial charge < -0.3 is 24.6 Å². The predicted molar refractivity (Wildman–Crippen MR) is 170 cm³/mol. The maximum Gasteiger partial charge on any atom is 0.508 e. The third kappa shape index (κ3) is 29.9. The van der Waals surface area contributed by atoms with Crippen molar-refractivity contribution in [2.75, 3.05) is 32.8 Å². The number of aliphatic carboxylic acids is 1. The number of nitrogens with zero attached hydrogens (tertiary/aromatic N) is 1. The maximum absolute atomic E-state index is 12.4. The van der Waals surface area contributed by atoms with Crippen LogP contribution in [0.1, 0.15) is 168 Å². The van der Waals surface area contributed by atoms with Gasteiger partial charge in [0, 0.05) is 13.0 Å². The van der Waals surface area contributed by atoms with Crippen molar-refractivity contribution in [2.24, 2.45) is 0 Å². The zero-order chi connectivity index (χ0) is 30.2. The van der Waals surface area contributed by atoms with Crippen molar-refractivity contribution in [3.63, 3.8) is 0 Å². The summed E-state index contributed by atoms with van der Waals surface area (Å²) in [5, 5.41) is 18.1. The first-order valence-corrected chi connectivity index (χ1v) is 17.4. The van der Waals surface area contributed by atoms with E-state index in [0.29, 0.717) is 13.2 Å². The van der Waals surface area contributed by atoms with Gasteiger partial charge in [-0.3, -0.25) is 4.79 Å². The van der Waals surface area contributed by atoms with E-state index >= 15 is 0 Å². The Labute approximate surface area is 253 Å². The molecule has 0 bridgehead atoms. The number of hydrogen-bond acceptors (Lipinski definition) is 6. The van der Waals surface area contributed by atoms with Crippen molar-refractivity contribution in [1.29, 1.82) is 0 Å². The van der Waals surface area contributed by atoms with Gasteiger partial charge in [-0.1, -0.05) is 110 Å². The van der Waals surface area contributed by atoms with Crippen LogP contribution in [-0.4, -0.2) is 66.2 Å². The quantitative estimate of drug-likeness (QED) is 0.0600. The number of carboxylic acids is 1. The maximum atomic E-state index is 12.4. The largest absolute Gasteiger partial charge is 0.508 e. The lowest BCUT2D eigenvalue weighted by atomic mass is 10.0. The Hall–Kier alpha value is -1.34. The second-order valence-electron chi connectivity index (χ2n) is 11.8. The Bertz CT molecular complexity index is 557. The van der Waals surface area contributed by atoms with Crippen molar-refractivity contribution in [3.8, 4) is 0 Å². The van der Waals surface area contributed by atoms with Gasteiger partial charge in [0.25, 0.3) is 0 Å². The first-order valence-electron chi connectivity index (χ1n) is 17.4. The Morgan fingerprint density at radius 3 is 1.59 bits per heavy atom. The number of aliphatic hydroxyl groups is 1. The summed E-state index contributed by atoms with van der Waals surface area (Å²) in [5.41, 5.74) is 0. The fourth-order valence-corrected chi connectivity index (χ4v) is 5.30. The summed E-state index contributed by atoms with van der Waals surface area (Å²) in [4.78, 5) is 25.3. The minimum Gasteiger partial charge on any atom is -0.481 e. The Balaban J connectivity index is 4.04. The number of carbonyl (C=O) groups is 2. The van der Waals surface area contributed by atoms with E-state index in [-0.39, 0.29) is 19.1 Å². The van der Waals surface area contributed by atoms with Crippen molar-refractivity contribution in [1.82, 2.24) is 4.90 Å². The third-order valence-corrected chi connectivity index (χ3v) is 7.89. The molecule has 0 rings (SSSR count). The summed E-state index contributed by atoms with van der Waals surface area (Å²) < 4.78 is 11.2. The molecule has 0 saturated heterocycles. The number of aliphatic hydroxyl groups excluding tert-OH is 1. The van der Waals surface area contributed by atoms with E-state index in [0.717, 1.165) is 96.6 Å². The minimum atomic E-state index is -0.711. The van der Waals surface area contributed by atoms with E-state index in [9.17, 15) is 14.7 Å². The van der Waals surface area contributed by atoms with Gasteiger partial charge in [-0.25, -0.2) is 4.79 Å². The summed E-state index contributed by atoms with van der Waals surface area (Å²) in [5.74, 6) is -0.711. The summed E-state index contributed by atoms with van der Waals surface area (Å²) in [6, 6.07) is 0. The van der Waals surface area contributed by atoms with E-state index in [1.807, 2.05) is 0 Å². The van der Waals surface area contributed by atoms with E-state index in [4.69, 9.17) is 14.6 Å². The molecular weight excluding hydrogens is 518 g/mol. The summed E-state index contributed by atoms with van der Waals surface area (Å²) in [6.45, 7) is 7.73. The molecule has 41 heavy (non-hydrogen) atoms. The van der Waals surface area contributed by atoms with Crippen LogP contribution in [0.3, 0.4) is 0 Å². The average Bonchev–Trinajstić information content (AvgIpc) is 2.95. The molecule has 0 aliphatic rings. The smallest absolute Gasteiger partial charge is 0.481 e. The highest BCUT2D eigenvalue weighted by atomic mass is 16.7. The van der Waals surface area contributed by atoms with E-state index in [1.165, 1.54) is 64.2 Å². The van der Waals surface area contributed by atoms with Crippen LogP contribution in [0.25, 0.3) is 0 Å². The first-order chi connectivity index (χ1) is 20.0. The summed E-state index contributed by atoms with van der Waals surface area (Å²) >= 11 is 0. The summed E-state index contributed by atoms with van der Waals surface area (Å²) in [6.07, 6.45) is 25.6. The lowest BCUT2D eigenvalue weighted by Gasteiger charge is -2.21. The molecule has 0 atom stereocenters. The zero-order valence-electron chi connectivity index (χ0n) is 27.1. The molecule has 0 unspecified atom stereocenters. The molecule has 0 saturated carbocycles. The van der Waals surface area contributed by atoms with Crippen LogP contribution >= 0.6 is 0 Å². The molecule has 0 aromatic heterocycles. The number of rotatable bonds is 32. The predicted octanol–water partition coefficient (Wildman–Crippen LogP) is 9.29. The molecule has 0 radical (unpaired) electrons. The van der Waals surface area contributed by atoms with Crippen LogP contribution in [-0.2, 0) is 14.3 Å². The van der Waals surface area contributed by atoms with Crippen LogP contribution in [0.4, 0.5) is 4.79 Å². The van der Waals surface area contributed by atoms with Crippen LogP contribution in [0.5, 0.6) is 0 Å². The van der Waals surface area contributed by atoms with Gasteiger partial charge >= 0.3 is 12.1 Å². The Morgan fingerprint density at radius 1 is 0.610 bits per heavy atom. The summed E-state index contributed by atoms with van der Waals surface area (Å²) in [7, 11) is 0. The SMILES string of the molecule is CCCCCCCCC(CCCCCCCC)OC(=O)OCCCCCCN(CCO)CCCCCCCC(=O)O. The molecule has 0 aliphatic carbocycles. The monoisotopic (exact) mass is 585 g/mol. The van der Waals surface area contributed by atoms with Gasteiger partial charge in [0.2, 0.25) is 0 Å². The van der Waals surface area contributed by atoms with E-state index in [1.54, 1.807) is 0 Å². The van der Waals surface area contributed by atoms with Crippen LogP contribution in [0, 0.1) is 0 Å². The number of ether oxygens (including phenoxy) is 2. The highest BCUT2D eigenvalue weighted by Gasteiger charge is 2.15.